The van der Waals surface area contributed by atoms with Crippen LogP contribution >= 0.6 is 0 Å². The van der Waals surface area contributed by atoms with Gasteiger partial charge in [-0.1, -0.05) is 38.1 Å². The van der Waals surface area contributed by atoms with Gasteiger partial charge in [-0.2, -0.15) is 0 Å². The fourth-order valence-corrected chi connectivity index (χ4v) is 2.32. The van der Waals surface area contributed by atoms with Crippen LogP contribution in [0.3, 0.4) is 0 Å². The zero-order chi connectivity index (χ0) is 13.4. The summed E-state index contributed by atoms with van der Waals surface area (Å²) in [4.78, 5) is 0. The molecule has 102 valence electrons. The van der Waals surface area contributed by atoms with Gasteiger partial charge in [0, 0.05) is 13.7 Å². The highest BCUT2D eigenvalue weighted by Gasteiger charge is 2.18. The van der Waals surface area contributed by atoms with E-state index in [9.17, 15) is 0 Å². The second kappa shape index (κ2) is 8.28. The molecule has 0 aromatic heterocycles. The number of rotatable bonds is 8. The number of aryl methyl sites for hydroxylation is 1. The number of hydrogen-bond donors (Lipinski definition) is 1. The molecule has 0 aliphatic carbocycles. The largest absolute Gasteiger partial charge is 0.384 e. The van der Waals surface area contributed by atoms with Crippen molar-refractivity contribution in [3.8, 4) is 0 Å². The van der Waals surface area contributed by atoms with Crippen molar-refractivity contribution in [2.75, 3.05) is 26.8 Å². The average molecular weight is 249 g/mol. The molecule has 1 N–H and O–H groups in total. The van der Waals surface area contributed by atoms with Gasteiger partial charge >= 0.3 is 0 Å². The van der Waals surface area contributed by atoms with E-state index >= 15 is 0 Å². The molecule has 0 saturated heterocycles. The summed E-state index contributed by atoms with van der Waals surface area (Å²) in [7, 11) is 1.79. The molecule has 2 atom stereocenters. The highest BCUT2D eigenvalue weighted by atomic mass is 16.5. The maximum atomic E-state index is 5.30. The van der Waals surface area contributed by atoms with Gasteiger partial charge in [-0.15, -0.1) is 0 Å². The minimum Gasteiger partial charge on any atom is -0.384 e. The van der Waals surface area contributed by atoms with Crippen LogP contribution in [-0.2, 0) is 11.2 Å². The molecule has 0 radical (unpaired) electrons. The highest BCUT2D eigenvalue weighted by Crippen LogP contribution is 2.19. The molecule has 2 unspecified atom stereocenters. The van der Waals surface area contributed by atoms with Crippen molar-refractivity contribution in [3.63, 3.8) is 0 Å². The Kier molecular flexibility index (Phi) is 6.99. The Balaban J connectivity index is 2.68. The van der Waals surface area contributed by atoms with E-state index in [-0.39, 0.29) is 0 Å². The third-order valence-electron chi connectivity index (χ3n) is 3.63. The fourth-order valence-electron chi connectivity index (χ4n) is 2.32. The zero-order valence-electron chi connectivity index (χ0n) is 12.2. The molecule has 1 aromatic rings. The van der Waals surface area contributed by atoms with E-state index < -0.39 is 0 Å². The molecule has 0 spiro atoms. The number of nitrogens with one attached hydrogen (secondary N) is 1. The van der Waals surface area contributed by atoms with E-state index in [1.165, 1.54) is 11.1 Å². The minimum absolute atomic E-state index is 0.577. The molecule has 1 aromatic carbocycles. The summed E-state index contributed by atoms with van der Waals surface area (Å²) in [6.07, 6.45) is 1.13. The second-order valence-electron chi connectivity index (χ2n) is 5.13. The van der Waals surface area contributed by atoms with Gasteiger partial charge < -0.3 is 10.1 Å². The molecule has 0 aliphatic heterocycles. The van der Waals surface area contributed by atoms with E-state index in [2.05, 4.69) is 50.4 Å². The Morgan fingerprint density at radius 2 is 2.00 bits per heavy atom. The molecule has 18 heavy (non-hydrogen) atoms. The number of ether oxygens (including phenoxy) is 1. The van der Waals surface area contributed by atoms with Crippen LogP contribution in [0.2, 0.25) is 0 Å². The minimum atomic E-state index is 0.577. The summed E-state index contributed by atoms with van der Waals surface area (Å²) in [5, 5.41) is 3.47. The average Bonchev–Trinajstić information content (AvgIpc) is 2.36. The lowest BCUT2D eigenvalue weighted by atomic mass is 9.87. The smallest absolute Gasteiger partial charge is 0.0491 e. The van der Waals surface area contributed by atoms with Crippen molar-refractivity contribution in [1.82, 2.24) is 5.32 Å². The first kappa shape index (κ1) is 15.2. The monoisotopic (exact) mass is 249 g/mol. The van der Waals surface area contributed by atoms with Gasteiger partial charge in [0.25, 0.3) is 0 Å². The zero-order valence-corrected chi connectivity index (χ0v) is 12.2. The lowest BCUT2D eigenvalue weighted by Crippen LogP contribution is -2.30. The summed E-state index contributed by atoms with van der Waals surface area (Å²) < 4.78 is 5.30. The van der Waals surface area contributed by atoms with E-state index in [1.54, 1.807) is 7.11 Å². The third kappa shape index (κ3) is 4.79. The Morgan fingerprint density at radius 1 is 1.28 bits per heavy atom. The molecule has 2 heteroatoms. The normalized spacial score (nSPS) is 14.4. The van der Waals surface area contributed by atoms with Crippen LogP contribution in [0, 0.1) is 18.8 Å². The molecule has 0 bridgehead atoms. The van der Waals surface area contributed by atoms with Crippen LogP contribution in [0.5, 0.6) is 0 Å². The third-order valence-corrected chi connectivity index (χ3v) is 3.63. The number of methoxy groups -OCH3 is 1. The van der Waals surface area contributed by atoms with Crippen molar-refractivity contribution in [1.29, 1.82) is 0 Å². The summed E-state index contributed by atoms with van der Waals surface area (Å²) >= 11 is 0. The van der Waals surface area contributed by atoms with Crippen molar-refractivity contribution in [3.05, 3.63) is 35.4 Å². The van der Waals surface area contributed by atoms with Crippen LogP contribution in [0.15, 0.2) is 24.3 Å². The maximum absolute atomic E-state index is 5.30. The summed E-state index contributed by atoms with van der Waals surface area (Å²) in [5.41, 5.74) is 2.85. The van der Waals surface area contributed by atoms with Gasteiger partial charge in [-0.05, 0) is 49.4 Å². The topological polar surface area (TPSA) is 21.3 Å². The van der Waals surface area contributed by atoms with Crippen molar-refractivity contribution >= 4 is 0 Å². The summed E-state index contributed by atoms with van der Waals surface area (Å²) in [6.45, 7) is 9.57. The van der Waals surface area contributed by atoms with Crippen LogP contribution < -0.4 is 5.32 Å². The maximum Gasteiger partial charge on any atom is 0.0491 e. The van der Waals surface area contributed by atoms with Crippen molar-refractivity contribution < 1.29 is 4.74 Å². The number of benzene rings is 1. The molecular formula is C16H27NO. The summed E-state index contributed by atoms with van der Waals surface area (Å²) in [5.74, 6) is 1.21. The summed E-state index contributed by atoms with van der Waals surface area (Å²) in [6, 6.07) is 8.68. The molecule has 0 heterocycles. The lowest BCUT2D eigenvalue weighted by molar-refractivity contribution is 0.128. The Bertz CT molecular complexity index is 338. The molecule has 0 fully saturated rings. The van der Waals surface area contributed by atoms with Gasteiger partial charge in [-0.25, -0.2) is 0 Å². The van der Waals surface area contributed by atoms with Gasteiger partial charge in [0.1, 0.15) is 0 Å². The molecule has 1 rings (SSSR count). The quantitative estimate of drug-likeness (QED) is 0.764. The molecule has 2 nitrogen and oxygen atoms in total. The van der Waals surface area contributed by atoms with Gasteiger partial charge in [0.2, 0.25) is 0 Å². The number of hydrogen-bond acceptors (Lipinski definition) is 2. The Morgan fingerprint density at radius 3 is 2.61 bits per heavy atom. The van der Waals surface area contributed by atoms with E-state index in [4.69, 9.17) is 4.74 Å². The Labute approximate surface area is 112 Å². The van der Waals surface area contributed by atoms with Crippen LogP contribution in [0.25, 0.3) is 0 Å². The van der Waals surface area contributed by atoms with Crippen molar-refractivity contribution in [2.45, 2.75) is 27.2 Å². The first-order chi connectivity index (χ1) is 8.69. The highest BCUT2D eigenvalue weighted by molar-refractivity contribution is 5.26. The predicted molar refractivity (Wildman–Crippen MR) is 78.0 cm³/mol. The van der Waals surface area contributed by atoms with Crippen molar-refractivity contribution in [2.24, 2.45) is 11.8 Å². The molecule has 0 aliphatic rings. The second-order valence-corrected chi connectivity index (χ2v) is 5.13. The SMILES string of the molecule is CCNCC(Cc1ccccc1C)C(C)COC. The van der Waals surface area contributed by atoms with Gasteiger partial charge in [0.05, 0.1) is 0 Å². The molecule has 0 saturated carbocycles. The van der Waals surface area contributed by atoms with E-state index in [1.807, 2.05) is 0 Å². The Hall–Kier alpha value is -0.860. The molecular weight excluding hydrogens is 222 g/mol. The van der Waals surface area contributed by atoms with Gasteiger partial charge in [-0.3, -0.25) is 0 Å². The van der Waals surface area contributed by atoms with Crippen LogP contribution in [0.1, 0.15) is 25.0 Å². The first-order valence-electron chi connectivity index (χ1n) is 6.93. The molecule has 0 amide bonds. The fraction of sp³-hybridized carbons (Fsp3) is 0.625. The lowest BCUT2D eigenvalue weighted by Gasteiger charge is -2.24. The standard InChI is InChI=1S/C16H27NO/c1-5-17-11-16(14(3)12-18-4)10-15-9-7-6-8-13(15)2/h6-9,14,16-17H,5,10-12H2,1-4H3. The first-order valence-corrected chi connectivity index (χ1v) is 6.93. The van der Waals surface area contributed by atoms with Crippen LogP contribution in [-0.4, -0.2) is 26.8 Å². The van der Waals surface area contributed by atoms with E-state index in [0.717, 1.165) is 26.1 Å². The predicted octanol–water partition coefficient (Wildman–Crippen LogP) is 3.05. The van der Waals surface area contributed by atoms with Crippen LogP contribution in [0.4, 0.5) is 0 Å². The van der Waals surface area contributed by atoms with Gasteiger partial charge in [0.15, 0.2) is 0 Å². The van der Waals surface area contributed by atoms with E-state index in [0.29, 0.717) is 11.8 Å².